The Balaban J connectivity index is 1.49. The van der Waals surface area contributed by atoms with E-state index in [1.165, 1.54) is 0 Å². The molecule has 1 fully saturated rings. The first-order valence-electron chi connectivity index (χ1n) is 8.31. The monoisotopic (exact) mass is 377 g/mol. The predicted molar refractivity (Wildman–Crippen MR) is 96.6 cm³/mol. The van der Waals surface area contributed by atoms with Crippen molar-refractivity contribution in [2.24, 2.45) is 0 Å². The van der Waals surface area contributed by atoms with Gasteiger partial charge in [-0.05, 0) is 23.8 Å². The van der Waals surface area contributed by atoms with E-state index in [1.807, 2.05) is 12.1 Å². The van der Waals surface area contributed by atoms with Crippen LogP contribution in [0.2, 0.25) is 5.02 Å². The van der Waals surface area contributed by atoms with Crippen LogP contribution in [0.1, 0.15) is 5.56 Å². The number of nitrogens with zero attached hydrogens (tertiary/aromatic N) is 2. The second kappa shape index (κ2) is 8.14. The summed E-state index contributed by atoms with van der Waals surface area (Å²) in [7, 11) is 0. The van der Waals surface area contributed by atoms with E-state index < -0.39 is 5.97 Å². The van der Waals surface area contributed by atoms with Crippen molar-refractivity contribution in [3.05, 3.63) is 58.4 Å². The molecule has 2 N–H and O–H groups in total. The number of carbonyl (C=O) groups excluding carboxylic acids is 1. The Morgan fingerprint density at radius 2 is 1.85 bits per heavy atom. The lowest BCUT2D eigenvalue weighted by Gasteiger charge is -2.36. The molecule has 0 saturated carbocycles. The smallest absolute Gasteiger partial charge is 0.410 e. The first kappa shape index (κ1) is 18.1. The Hall–Kier alpha value is -2.67. The number of dihydropyridines is 1. The van der Waals surface area contributed by atoms with E-state index in [0.29, 0.717) is 43.3 Å². The van der Waals surface area contributed by atoms with Gasteiger partial charge < -0.3 is 25.0 Å². The van der Waals surface area contributed by atoms with E-state index >= 15 is 0 Å². The van der Waals surface area contributed by atoms with Crippen molar-refractivity contribution in [2.75, 3.05) is 32.7 Å². The average molecular weight is 378 g/mol. The van der Waals surface area contributed by atoms with Crippen molar-refractivity contribution in [1.29, 1.82) is 0 Å². The van der Waals surface area contributed by atoms with Gasteiger partial charge in [0.05, 0.1) is 11.3 Å². The summed E-state index contributed by atoms with van der Waals surface area (Å²) in [5.41, 5.74) is 2.03. The number of benzene rings is 1. The Morgan fingerprint density at radius 1 is 1.15 bits per heavy atom. The van der Waals surface area contributed by atoms with Gasteiger partial charge in [-0.25, -0.2) is 9.59 Å². The first-order valence-corrected chi connectivity index (χ1v) is 8.69. The van der Waals surface area contributed by atoms with Crippen LogP contribution in [0.3, 0.4) is 0 Å². The molecule has 1 saturated heterocycles. The number of hydrogen-bond donors (Lipinski definition) is 2. The summed E-state index contributed by atoms with van der Waals surface area (Å²) < 4.78 is 5.35. The quantitative estimate of drug-likeness (QED) is 0.835. The number of carbonyl (C=O) groups is 2. The number of carboxylic acids is 1. The highest BCUT2D eigenvalue weighted by atomic mass is 35.5. The van der Waals surface area contributed by atoms with Crippen LogP contribution in [0.5, 0.6) is 0 Å². The number of aliphatic carboxylic acids is 1. The maximum Gasteiger partial charge on any atom is 0.410 e. The summed E-state index contributed by atoms with van der Waals surface area (Å²) in [5.74, 6) is -0.924. The number of piperazine rings is 1. The summed E-state index contributed by atoms with van der Waals surface area (Å²) in [6, 6.07) is 7.16. The summed E-state index contributed by atoms with van der Waals surface area (Å²) in [5, 5.41) is 12.7. The highest BCUT2D eigenvalue weighted by Gasteiger charge is 2.24. The topological polar surface area (TPSA) is 82.1 Å². The van der Waals surface area contributed by atoms with Crippen LogP contribution in [0, 0.1) is 0 Å². The molecule has 0 radical (unpaired) electrons. The molecule has 0 atom stereocenters. The third-order valence-electron chi connectivity index (χ3n) is 4.32. The lowest BCUT2D eigenvalue weighted by Crippen LogP contribution is -2.48. The van der Waals surface area contributed by atoms with Gasteiger partial charge in [0.25, 0.3) is 0 Å². The summed E-state index contributed by atoms with van der Waals surface area (Å²) >= 11 is 5.83. The Labute approximate surface area is 156 Å². The molecule has 0 unspecified atom stereocenters. The van der Waals surface area contributed by atoms with Gasteiger partial charge >= 0.3 is 12.1 Å². The molecular formula is C18H20ClN3O4. The molecule has 0 spiro atoms. The summed E-state index contributed by atoms with van der Waals surface area (Å²) in [6.45, 7) is 2.80. The zero-order chi connectivity index (χ0) is 18.5. The minimum atomic E-state index is -0.924. The molecule has 2 aliphatic rings. The van der Waals surface area contributed by atoms with Crippen molar-refractivity contribution < 1.29 is 19.4 Å². The van der Waals surface area contributed by atoms with E-state index in [4.69, 9.17) is 21.4 Å². The van der Waals surface area contributed by atoms with Gasteiger partial charge in [0, 0.05) is 43.9 Å². The third kappa shape index (κ3) is 4.49. The number of carboxylic acid groups (broad SMARTS) is 1. The zero-order valence-corrected chi connectivity index (χ0v) is 14.9. The van der Waals surface area contributed by atoms with Gasteiger partial charge in [0.2, 0.25) is 0 Å². The fourth-order valence-electron chi connectivity index (χ4n) is 2.82. The van der Waals surface area contributed by atoms with Crippen molar-refractivity contribution in [1.82, 2.24) is 15.1 Å². The van der Waals surface area contributed by atoms with E-state index in [1.54, 1.807) is 29.3 Å². The minimum Gasteiger partial charge on any atom is -0.478 e. The number of halogens is 1. The number of ether oxygens (including phenoxy) is 1. The SMILES string of the molecule is O=C(O)C1=CC(N2CCN(C(=O)OCc3ccc(Cl)cc3)CC2)=CNC1. The van der Waals surface area contributed by atoms with Crippen molar-refractivity contribution in [2.45, 2.75) is 6.61 Å². The van der Waals surface area contributed by atoms with E-state index in [9.17, 15) is 9.59 Å². The van der Waals surface area contributed by atoms with E-state index in [2.05, 4.69) is 10.2 Å². The standard InChI is InChI=1S/C18H20ClN3O4/c19-15-3-1-13(2-4-15)12-26-18(25)22-7-5-21(6-8-22)16-9-14(17(23)24)10-20-11-16/h1-4,9,11,20H,5-8,10,12H2,(H,23,24). The molecule has 1 aromatic rings. The van der Waals surface area contributed by atoms with Gasteiger partial charge in [0.15, 0.2) is 0 Å². The number of rotatable bonds is 4. The lowest BCUT2D eigenvalue weighted by molar-refractivity contribution is -0.132. The van der Waals surface area contributed by atoms with Gasteiger partial charge in [-0.15, -0.1) is 0 Å². The third-order valence-corrected chi connectivity index (χ3v) is 4.57. The van der Waals surface area contributed by atoms with Crippen LogP contribution in [0.15, 0.2) is 47.8 Å². The molecule has 2 aliphatic heterocycles. The molecule has 26 heavy (non-hydrogen) atoms. The minimum absolute atomic E-state index is 0.204. The fraction of sp³-hybridized carbons (Fsp3) is 0.333. The lowest BCUT2D eigenvalue weighted by atomic mass is 10.1. The van der Waals surface area contributed by atoms with Crippen molar-refractivity contribution in [3.63, 3.8) is 0 Å². The Bertz CT molecular complexity index is 737. The molecule has 7 nitrogen and oxygen atoms in total. The van der Waals surface area contributed by atoms with E-state index in [0.717, 1.165) is 11.3 Å². The number of hydrogen-bond acceptors (Lipinski definition) is 5. The number of nitrogens with one attached hydrogen (secondary N) is 1. The number of amides is 1. The van der Waals surface area contributed by atoms with Crippen LogP contribution < -0.4 is 5.32 Å². The average Bonchev–Trinajstić information content (AvgIpc) is 2.67. The predicted octanol–water partition coefficient (Wildman–Crippen LogP) is 2.05. The molecule has 0 aromatic heterocycles. The molecule has 138 valence electrons. The fourth-order valence-corrected chi connectivity index (χ4v) is 2.95. The Kier molecular flexibility index (Phi) is 5.68. The normalized spacial score (nSPS) is 17.1. The second-order valence-electron chi connectivity index (χ2n) is 6.08. The second-order valence-corrected chi connectivity index (χ2v) is 6.52. The van der Waals surface area contributed by atoms with Crippen LogP contribution >= 0.6 is 11.6 Å². The zero-order valence-electron chi connectivity index (χ0n) is 14.2. The molecule has 8 heteroatoms. The first-order chi connectivity index (χ1) is 12.5. The molecule has 0 bridgehead atoms. The number of allylic oxidation sites excluding steroid dienone is 1. The molecular weight excluding hydrogens is 358 g/mol. The summed E-state index contributed by atoms with van der Waals surface area (Å²) in [6.07, 6.45) is 3.13. The van der Waals surface area contributed by atoms with Crippen LogP contribution in [0.25, 0.3) is 0 Å². The molecule has 0 aliphatic carbocycles. The van der Waals surface area contributed by atoms with E-state index in [-0.39, 0.29) is 12.7 Å². The molecule has 1 amide bonds. The van der Waals surface area contributed by atoms with Crippen LogP contribution in [-0.2, 0) is 16.1 Å². The van der Waals surface area contributed by atoms with Gasteiger partial charge in [-0.3, -0.25) is 0 Å². The molecule has 2 heterocycles. The molecule has 3 rings (SSSR count). The molecule has 1 aromatic carbocycles. The highest BCUT2D eigenvalue weighted by molar-refractivity contribution is 6.30. The van der Waals surface area contributed by atoms with Gasteiger partial charge in [-0.2, -0.15) is 0 Å². The maximum atomic E-state index is 12.2. The Morgan fingerprint density at radius 3 is 2.50 bits per heavy atom. The maximum absolute atomic E-state index is 12.2. The van der Waals surface area contributed by atoms with Crippen molar-refractivity contribution in [3.8, 4) is 0 Å². The largest absolute Gasteiger partial charge is 0.478 e. The van der Waals surface area contributed by atoms with Crippen LogP contribution in [-0.4, -0.2) is 59.7 Å². The summed E-state index contributed by atoms with van der Waals surface area (Å²) in [4.78, 5) is 27.0. The highest BCUT2D eigenvalue weighted by Crippen LogP contribution is 2.16. The van der Waals surface area contributed by atoms with Crippen molar-refractivity contribution >= 4 is 23.7 Å². The van der Waals surface area contributed by atoms with Gasteiger partial charge in [-0.1, -0.05) is 23.7 Å². The van der Waals surface area contributed by atoms with Gasteiger partial charge in [0.1, 0.15) is 6.61 Å². The van der Waals surface area contributed by atoms with Crippen LogP contribution in [0.4, 0.5) is 4.79 Å².